The molecule has 4 nitrogen and oxygen atoms in total. The fourth-order valence-electron chi connectivity index (χ4n) is 2.14. The Bertz CT molecular complexity index is 527. The number of carbonyl (C=O) groups is 1. The van der Waals surface area contributed by atoms with E-state index in [0.717, 1.165) is 17.3 Å². The Balaban J connectivity index is 2.34. The number of amides is 1. The summed E-state index contributed by atoms with van der Waals surface area (Å²) in [7, 11) is 0. The van der Waals surface area contributed by atoms with Gasteiger partial charge in [0.25, 0.3) is 5.91 Å². The summed E-state index contributed by atoms with van der Waals surface area (Å²) < 4.78 is 0. The SMILES string of the molecule is CCCN(CCO)C(=O)c1cccc2cc[nH]c12. The highest BCUT2D eigenvalue weighted by Gasteiger charge is 2.17. The summed E-state index contributed by atoms with van der Waals surface area (Å²) in [6.45, 7) is 3.06. The van der Waals surface area contributed by atoms with Crippen LogP contribution in [0, 0.1) is 0 Å². The van der Waals surface area contributed by atoms with E-state index in [9.17, 15) is 4.79 Å². The smallest absolute Gasteiger partial charge is 0.256 e. The second-order valence-electron chi connectivity index (χ2n) is 4.26. The predicted octanol–water partition coefficient (Wildman–Crippen LogP) is 2.01. The molecule has 18 heavy (non-hydrogen) atoms. The molecule has 96 valence electrons. The van der Waals surface area contributed by atoms with Gasteiger partial charge in [-0.3, -0.25) is 4.79 Å². The summed E-state index contributed by atoms with van der Waals surface area (Å²) >= 11 is 0. The maximum Gasteiger partial charge on any atom is 0.256 e. The van der Waals surface area contributed by atoms with Crippen LogP contribution in [-0.2, 0) is 0 Å². The first-order chi connectivity index (χ1) is 8.77. The molecule has 2 N–H and O–H groups in total. The highest BCUT2D eigenvalue weighted by atomic mass is 16.3. The molecular formula is C14H18N2O2. The first-order valence-corrected chi connectivity index (χ1v) is 6.24. The van der Waals surface area contributed by atoms with Gasteiger partial charge in [0.1, 0.15) is 0 Å². The average molecular weight is 246 g/mol. The van der Waals surface area contributed by atoms with E-state index in [4.69, 9.17) is 5.11 Å². The number of H-pyrrole nitrogens is 1. The number of aromatic nitrogens is 1. The number of aromatic amines is 1. The molecule has 0 bridgehead atoms. The molecule has 1 aromatic carbocycles. The topological polar surface area (TPSA) is 56.3 Å². The van der Waals surface area contributed by atoms with Crippen LogP contribution in [0.2, 0.25) is 0 Å². The zero-order valence-electron chi connectivity index (χ0n) is 10.5. The molecule has 1 aromatic heterocycles. The minimum absolute atomic E-state index is 0.00750. The van der Waals surface area contributed by atoms with Crippen LogP contribution in [-0.4, -0.2) is 40.6 Å². The van der Waals surface area contributed by atoms with E-state index in [0.29, 0.717) is 18.7 Å². The van der Waals surface area contributed by atoms with Crippen LogP contribution in [0.1, 0.15) is 23.7 Å². The normalized spacial score (nSPS) is 10.8. The van der Waals surface area contributed by atoms with Gasteiger partial charge in [-0.15, -0.1) is 0 Å². The van der Waals surface area contributed by atoms with E-state index in [1.165, 1.54) is 0 Å². The minimum Gasteiger partial charge on any atom is -0.395 e. The summed E-state index contributed by atoms with van der Waals surface area (Å²) in [5.41, 5.74) is 1.53. The number of benzene rings is 1. The Morgan fingerprint density at radius 1 is 1.33 bits per heavy atom. The average Bonchev–Trinajstić information content (AvgIpc) is 2.85. The Morgan fingerprint density at radius 2 is 2.17 bits per heavy atom. The van der Waals surface area contributed by atoms with Crippen LogP contribution in [0.15, 0.2) is 30.5 Å². The van der Waals surface area contributed by atoms with Crippen molar-refractivity contribution in [1.29, 1.82) is 0 Å². The summed E-state index contributed by atoms with van der Waals surface area (Å²) in [4.78, 5) is 17.2. The molecule has 0 aliphatic rings. The standard InChI is InChI=1S/C14H18N2O2/c1-2-8-16(9-10-17)14(18)12-5-3-4-11-6-7-15-13(11)12/h3-7,15,17H,2,8-10H2,1H3. The van der Waals surface area contributed by atoms with Crippen molar-refractivity contribution in [2.75, 3.05) is 19.7 Å². The number of nitrogens with one attached hydrogen (secondary N) is 1. The number of hydrogen-bond acceptors (Lipinski definition) is 2. The third kappa shape index (κ3) is 2.38. The number of rotatable bonds is 5. The molecule has 2 rings (SSSR count). The summed E-state index contributed by atoms with van der Waals surface area (Å²) in [6.07, 6.45) is 2.71. The van der Waals surface area contributed by atoms with Gasteiger partial charge in [-0.2, -0.15) is 0 Å². The van der Waals surface area contributed by atoms with Crippen LogP contribution in [0.25, 0.3) is 10.9 Å². The molecule has 0 aliphatic heterocycles. The van der Waals surface area contributed by atoms with Crippen LogP contribution < -0.4 is 0 Å². The number of aliphatic hydroxyl groups is 1. The van der Waals surface area contributed by atoms with Crippen molar-refractivity contribution in [2.45, 2.75) is 13.3 Å². The Morgan fingerprint density at radius 3 is 2.89 bits per heavy atom. The first kappa shape index (κ1) is 12.6. The number of fused-ring (bicyclic) bond motifs is 1. The van der Waals surface area contributed by atoms with E-state index >= 15 is 0 Å². The van der Waals surface area contributed by atoms with E-state index in [1.54, 1.807) is 4.90 Å². The molecule has 0 fully saturated rings. The van der Waals surface area contributed by atoms with Crippen molar-refractivity contribution in [3.63, 3.8) is 0 Å². The van der Waals surface area contributed by atoms with E-state index in [1.807, 2.05) is 37.4 Å². The van der Waals surface area contributed by atoms with E-state index < -0.39 is 0 Å². The molecule has 1 heterocycles. The van der Waals surface area contributed by atoms with Gasteiger partial charge in [0, 0.05) is 24.7 Å². The quantitative estimate of drug-likeness (QED) is 0.848. The van der Waals surface area contributed by atoms with Gasteiger partial charge in [-0.05, 0) is 18.6 Å². The highest BCUT2D eigenvalue weighted by Crippen LogP contribution is 2.18. The Kier molecular flexibility index (Phi) is 3.99. The lowest BCUT2D eigenvalue weighted by molar-refractivity contribution is 0.0724. The van der Waals surface area contributed by atoms with Gasteiger partial charge < -0.3 is 15.0 Å². The molecule has 0 saturated carbocycles. The zero-order chi connectivity index (χ0) is 13.0. The Hall–Kier alpha value is -1.81. The summed E-state index contributed by atoms with van der Waals surface area (Å²) in [5, 5.41) is 10.1. The third-order valence-electron chi connectivity index (χ3n) is 2.97. The predicted molar refractivity (Wildman–Crippen MR) is 71.6 cm³/mol. The maximum atomic E-state index is 12.4. The Labute approximate surface area is 106 Å². The number of para-hydroxylation sites is 1. The second-order valence-corrected chi connectivity index (χ2v) is 4.26. The zero-order valence-corrected chi connectivity index (χ0v) is 10.5. The van der Waals surface area contributed by atoms with Crippen molar-refractivity contribution in [3.05, 3.63) is 36.0 Å². The van der Waals surface area contributed by atoms with Crippen molar-refractivity contribution in [2.24, 2.45) is 0 Å². The fourth-order valence-corrected chi connectivity index (χ4v) is 2.14. The monoisotopic (exact) mass is 246 g/mol. The van der Waals surface area contributed by atoms with Crippen molar-refractivity contribution < 1.29 is 9.90 Å². The summed E-state index contributed by atoms with van der Waals surface area (Å²) in [6, 6.07) is 7.62. The molecular weight excluding hydrogens is 228 g/mol. The largest absolute Gasteiger partial charge is 0.395 e. The van der Waals surface area contributed by atoms with Gasteiger partial charge in [0.05, 0.1) is 17.7 Å². The molecule has 0 saturated heterocycles. The number of nitrogens with zero attached hydrogens (tertiary/aromatic N) is 1. The van der Waals surface area contributed by atoms with Crippen LogP contribution in [0.5, 0.6) is 0 Å². The van der Waals surface area contributed by atoms with Crippen molar-refractivity contribution >= 4 is 16.8 Å². The number of hydrogen-bond donors (Lipinski definition) is 2. The number of carbonyl (C=O) groups excluding carboxylic acids is 1. The molecule has 2 aromatic rings. The fraction of sp³-hybridized carbons (Fsp3) is 0.357. The van der Waals surface area contributed by atoms with Crippen LogP contribution >= 0.6 is 0 Å². The van der Waals surface area contributed by atoms with Gasteiger partial charge in [-0.25, -0.2) is 0 Å². The molecule has 0 radical (unpaired) electrons. The van der Waals surface area contributed by atoms with Crippen LogP contribution in [0.4, 0.5) is 0 Å². The first-order valence-electron chi connectivity index (χ1n) is 6.24. The van der Waals surface area contributed by atoms with E-state index in [2.05, 4.69) is 4.98 Å². The van der Waals surface area contributed by atoms with Gasteiger partial charge in [-0.1, -0.05) is 19.1 Å². The molecule has 0 spiro atoms. The molecule has 4 heteroatoms. The lowest BCUT2D eigenvalue weighted by Gasteiger charge is -2.21. The van der Waals surface area contributed by atoms with Gasteiger partial charge >= 0.3 is 0 Å². The van der Waals surface area contributed by atoms with Crippen molar-refractivity contribution in [3.8, 4) is 0 Å². The van der Waals surface area contributed by atoms with Gasteiger partial charge in [0.15, 0.2) is 0 Å². The van der Waals surface area contributed by atoms with Crippen molar-refractivity contribution in [1.82, 2.24) is 9.88 Å². The minimum atomic E-state index is -0.0287. The lowest BCUT2D eigenvalue weighted by Crippen LogP contribution is -2.34. The van der Waals surface area contributed by atoms with Gasteiger partial charge in [0.2, 0.25) is 0 Å². The summed E-state index contributed by atoms with van der Waals surface area (Å²) in [5.74, 6) is -0.0287. The molecule has 0 aliphatic carbocycles. The molecule has 0 unspecified atom stereocenters. The second kappa shape index (κ2) is 5.69. The third-order valence-corrected chi connectivity index (χ3v) is 2.97. The highest BCUT2D eigenvalue weighted by molar-refractivity contribution is 6.05. The number of aliphatic hydroxyl groups excluding tert-OH is 1. The maximum absolute atomic E-state index is 12.4. The van der Waals surface area contributed by atoms with E-state index in [-0.39, 0.29) is 12.5 Å². The molecule has 1 amide bonds. The molecule has 0 atom stereocenters. The van der Waals surface area contributed by atoms with Crippen LogP contribution in [0.3, 0.4) is 0 Å². The lowest BCUT2D eigenvalue weighted by atomic mass is 10.1.